The Balaban J connectivity index is 2.34. The van der Waals surface area contributed by atoms with E-state index in [1.807, 2.05) is 0 Å². The molecule has 6 nitrogen and oxygen atoms in total. The van der Waals surface area contributed by atoms with E-state index >= 15 is 0 Å². The van der Waals surface area contributed by atoms with Crippen molar-refractivity contribution in [1.29, 1.82) is 0 Å². The van der Waals surface area contributed by atoms with Crippen molar-refractivity contribution in [3.05, 3.63) is 59.7 Å². The van der Waals surface area contributed by atoms with Crippen LogP contribution in [0.3, 0.4) is 0 Å². The van der Waals surface area contributed by atoms with Crippen molar-refractivity contribution in [2.45, 2.75) is 10.6 Å². The van der Waals surface area contributed by atoms with Crippen LogP contribution in [0.25, 0.3) is 0 Å². The van der Waals surface area contributed by atoms with Crippen molar-refractivity contribution in [1.82, 2.24) is 5.48 Å². The van der Waals surface area contributed by atoms with E-state index in [9.17, 15) is 13.2 Å². The highest BCUT2D eigenvalue weighted by Gasteiger charge is 2.19. The largest absolute Gasteiger partial charge is 0.497 e. The monoisotopic (exact) mass is 321 g/mol. The van der Waals surface area contributed by atoms with Crippen LogP contribution in [-0.4, -0.2) is 26.6 Å². The zero-order chi connectivity index (χ0) is 16.2. The number of sulfone groups is 1. The lowest BCUT2D eigenvalue weighted by atomic mass is 10.1. The smallest absolute Gasteiger partial charge is 0.274 e. The van der Waals surface area contributed by atoms with Crippen LogP contribution in [0.2, 0.25) is 0 Å². The average molecular weight is 321 g/mol. The van der Waals surface area contributed by atoms with Gasteiger partial charge >= 0.3 is 0 Å². The van der Waals surface area contributed by atoms with Gasteiger partial charge in [0.25, 0.3) is 5.91 Å². The summed E-state index contributed by atoms with van der Waals surface area (Å²) in [5.74, 6) is -0.539. The maximum Gasteiger partial charge on any atom is 0.274 e. The maximum absolute atomic E-state index is 12.4. The highest BCUT2D eigenvalue weighted by atomic mass is 32.2. The minimum absolute atomic E-state index is 0.113. The summed E-state index contributed by atoms with van der Waals surface area (Å²) < 4.78 is 29.8. The van der Waals surface area contributed by atoms with Gasteiger partial charge in [-0.05, 0) is 35.9 Å². The first kappa shape index (κ1) is 16.0. The van der Waals surface area contributed by atoms with Crippen molar-refractivity contribution in [2.75, 3.05) is 7.11 Å². The molecule has 0 aromatic heterocycles. The topological polar surface area (TPSA) is 92.7 Å². The molecule has 2 aromatic carbocycles. The molecule has 2 rings (SSSR count). The van der Waals surface area contributed by atoms with Gasteiger partial charge in [-0.3, -0.25) is 10.0 Å². The summed E-state index contributed by atoms with van der Waals surface area (Å²) in [7, 11) is -2.13. The number of hydrogen-bond acceptors (Lipinski definition) is 5. The maximum atomic E-state index is 12.4. The third-order valence-electron chi connectivity index (χ3n) is 3.13. The molecule has 0 fully saturated rings. The first-order chi connectivity index (χ1) is 10.5. The number of rotatable bonds is 5. The summed E-state index contributed by atoms with van der Waals surface area (Å²) >= 11 is 0. The average Bonchev–Trinajstić information content (AvgIpc) is 2.54. The standard InChI is InChI=1S/C15H15NO5S/c1-21-12-6-8-13(9-7-12)22(19,20)10-11-4-2-3-5-14(11)15(17)16-18/h2-9,18H,10H2,1H3,(H,16,17). The van der Waals surface area contributed by atoms with Crippen molar-refractivity contribution in [3.63, 3.8) is 0 Å². The molecular formula is C15H15NO5S. The lowest BCUT2D eigenvalue weighted by Crippen LogP contribution is -2.21. The van der Waals surface area contributed by atoms with E-state index in [2.05, 4.69) is 0 Å². The molecule has 0 saturated heterocycles. The molecule has 0 unspecified atom stereocenters. The molecule has 1 amide bonds. The SMILES string of the molecule is COc1ccc(S(=O)(=O)Cc2ccccc2C(=O)NO)cc1. The predicted molar refractivity (Wildman–Crippen MR) is 79.6 cm³/mol. The number of carbonyl (C=O) groups excluding carboxylic acids is 1. The molecule has 0 aliphatic heterocycles. The molecule has 0 spiro atoms. The Morgan fingerprint density at radius 2 is 1.77 bits per heavy atom. The van der Waals surface area contributed by atoms with Crippen LogP contribution in [-0.2, 0) is 15.6 Å². The molecule has 0 saturated carbocycles. The zero-order valence-electron chi connectivity index (χ0n) is 11.8. The summed E-state index contributed by atoms with van der Waals surface area (Å²) in [4.78, 5) is 11.7. The van der Waals surface area contributed by atoms with Crippen LogP contribution in [0.15, 0.2) is 53.4 Å². The number of hydrogen-bond donors (Lipinski definition) is 2. The number of ether oxygens (including phenoxy) is 1. The molecule has 0 atom stereocenters. The van der Waals surface area contributed by atoms with Gasteiger partial charge in [-0.1, -0.05) is 18.2 Å². The Morgan fingerprint density at radius 1 is 1.14 bits per heavy atom. The van der Waals surface area contributed by atoms with Gasteiger partial charge in [0, 0.05) is 5.56 Å². The van der Waals surface area contributed by atoms with E-state index in [1.54, 1.807) is 24.3 Å². The van der Waals surface area contributed by atoms with E-state index in [0.717, 1.165) is 0 Å². The molecule has 116 valence electrons. The van der Waals surface area contributed by atoms with Crippen LogP contribution in [0.5, 0.6) is 5.75 Å². The molecule has 0 radical (unpaired) electrons. The van der Waals surface area contributed by atoms with Gasteiger partial charge in [-0.2, -0.15) is 0 Å². The van der Waals surface area contributed by atoms with E-state index in [1.165, 1.54) is 36.9 Å². The normalized spacial score (nSPS) is 11.0. The second-order valence-electron chi connectivity index (χ2n) is 4.53. The second-order valence-corrected chi connectivity index (χ2v) is 6.52. The van der Waals surface area contributed by atoms with Crippen LogP contribution in [0.1, 0.15) is 15.9 Å². The summed E-state index contributed by atoms with van der Waals surface area (Å²) in [6.45, 7) is 0. The minimum atomic E-state index is -3.62. The van der Waals surface area contributed by atoms with Gasteiger partial charge < -0.3 is 4.74 Å². The summed E-state index contributed by atoms with van der Waals surface area (Å²) in [6, 6.07) is 12.2. The van der Waals surface area contributed by atoms with Gasteiger partial charge in [0.1, 0.15) is 5.75 Å². The Hall–Kier alpha value is -2.38. The first-order valence-corrected chi connectivity index (χ1v) is 8.02. The Kier molecular flexibility index (Phi) is 4.79. The molecule has 2 aromatic rings. The molecule has 0 aliphatic rings. The van der Waals surface area contributed by atoms with Gasteiger partial charge in [-0.15, -0.1) is 0 Å². The van der Waals surface area contributed by atoms with Crippen LogP contribution in [0.4, 0.5) is 0 Å². The minimum Gasteiger partial charge on any atom is -0.497 e. The zero-order valence-corrected chi connectivity index (χ0v) is 12.6. The highest BCUT2D eigenvalue weighted by molar-refractivity contribution is 7.90. The Bertz CT molecular complexity index is 769. The van der Waals surface area contributed by atoms with Crippen LogP contribution in [0, 0.1) is 0 Å². The number of nitrogens with one attached hydrogen (secondary N) is 1. The van der Waals surface area contributed by atoms with Crippen molar-refractivity contribution < 1.29 is 23.2 Å². The Labute approximate surface area is 128 Å². The molecule has 22 heavy (non-hydrogen) atoms. The van der Waals surface area contributed by atoms with E-state index in [4.69, 9.17) is 9.94 Å². The van der Waals surface area contributed by atoms with Gasteiger partial charge in [-0.25, -0.2) is 13.9 Å². The van der Waals surface area contributed by atoms with Gasteiger partial charge in [0.15, 0.2) is 9.84 Å². The third-order valence-corrected chi connectivity index (χ3v) is 4.81. The summed E-state index contributed by atoms with van der Waals surface area (Å²) in [5, 5.41) is 8.72. The summed E-state index contributed by atoms with van der Waals surface area (Å²) in [5.41, 5.74) is 1.94. The number of carbonyl (C=O) groups is 1. The molecule has 0 aliphatic carbocycles. The second kappa shape index (κ2) is 6.59. The van der Waals surface area contributed by atoms with Gasteiger partial charge in [0.2, 0.25) is 0 Å². The molecule has 7 heteroatoms. The lowest BCUT2D eigenvalue weighted by Gasteiger charge is -2.09. The first-order valence-electron chi connectivity index (χ1n) is 6.37. The Morgan fingerprint density at radius 3 is 2.36 bits per heavy atom. The number of amides is 1. The van der Waals surface area contributed by atoms with Crippen LogP contribution < -0.4 is 10.2 Å². The number of hydroxylamine groups is 1. The van der Waals surface area contributed by atoms with Crippen LogP contribution >= 0.6 is 0 Å². The van der Waals surface area contributed by atoms with E-state index in [-0.39, 0.29) is 16.2 Å². The predicted octanol–water partition coefficient (Wildman–Crippen LogP) is 1.79. The molecule has 2 N–H and O–H groups in total. The highest BCUT2D eigenvalue weighted by Crippen LogP contribution is 2.21. The lowest BCUT2D eigenvalue weighted by molar-refractivity contribution is 0.0705. The number of benzene rings is 2. The molecular weight excluding hydrogens is 306 g/mol. The van der Waals surface area contributed by atoms with E-state index in [0.29, 0.717) is 11.3 Å². The fraction of sp³-hybridized carbons (Fsp3) is 0.133. The van der Waals surface area contributed by atoms with Crippen molar-refractivity contribution in [2.24, 2.45) is 0 Å². The van der Waals surface area contributed by atoms with Crippen molar-refractivity contribution in [3.8, 4) is 5.75 Å². The number of methoxy groups -OCH3 is 1. The fourth-order valence-electron chi connectivity index (χ4n) is 2.00. The summed E-state index contributed by atoms with van der Waals surface area (Å²) in [6.07, 6.45) is 0. The van der Waals surface area contributed by atoms with E-state index < -0.39 is 15.7 Å². The third kappa shape index (κ3) is 3.44. The van der Waals surface area contributed by atoms with Gasteiger partial charge in [0.05, 0.1) is 17.8 Å². The molecule has 0 heterocycles. The quantitative estimate of drug-likeness (QED) is 0.647. The van der Waals surface area contributed by atoms with Crippen molar-refractivity contribution >= 4 is 15.7 Å². The fourth-order valence-corrected chi connectivity index (χ4v) is 3.38. The molecule has 0 bridgehead atoms.